The third-order valence-electron chi connectivity index (χ3n) is 3.22. The second-order valence-electron chi connectivity index (χ2n) is 4.64. The van der Waals surface area contributed by atoms with Gasteiger partial charge < -0.3 is 20.5 Å². The standard InChI is InChI=1S/C13H16Cl2N2O3/c14-9-7-12(17-1-3-20-4-2-17)10(15)5-8(9)6-11(16)13(18)19/h5,7,11H,1-4,6,16H2,(H,18,19). The fourth-order valence-corrected chi connectivity index (χ4v) is 2.65. The fourth-order valence-electron chi connectivity index (χ4n) is 2.10. The molecule has 1 aromatic carbocycles. The number of anilines is 1. The summed E-state index contributed by atoms with van der Waals surface area (Å²) in [5.74, 6) is -1.06. The van der Waals surface area contributed by atoms with Crippen LogP contribution in [0.1, 0.15) is 5.56 Å². The van der Waals surface area contributed by atoms with Gasteiger partial charge >= 0.3 is 5.97 Å². The molecule has 0 bridgehead atoms. The van der Waals surface area contributed by atoms with Gasteiger partial charge in [-0.25, -0.2) is 0 Å². The summed E-state index contributed by atoms with van der Waals surface area (Å²) in [4.78, 5) is 12.9. The summed E-state index contributed by atoms with van der Waals surface area (Å²) >= 11 is 12.5. The van der Waals surface area contributed by atoms with E-state index >= 15 is 0 Å². The molecule has 2 rings (SSSR count). The third kappa shape index (κ3) is 3.55. The first kappa shape index (κ1) is 15.4. The topological polar surface area (TPSA) is 75.8 Å². The largest absolute Gasteiger partial charge is 0.480 e. The summed E-state index contributed by atoms with van der Waals surface area (Å²) in [5, 5.41) is 9.86. The Labute approximate surface area is 127 Å². The molecule has 1 atom stereocenters. The number of hydrogen-bond acceptors (Lipinski definition) is 4. The van der Waals surface area contributed by atoms with E-state index in [1.54, 1.807) is 12.1 Å². The Kier molecular flexibility index (Phi) is 5.10. The quantitative estimate of drug-likeness (QED) is 0.885. The minimum absolute atomic E-state index is 0.150. The van der Waals surface area contributed by atoms with Crippen molar-refractivity contribution in [2.75, 3.05) is 31.2 Å². The number of ether oxygens (including phenoxy) is 1. The number of aliphatic carboxylic acids is 1. The highest BCUT2D eigenvalue weighted by Crippen LogP contribution is 2.33. The molecule has 1 aromatic rings. The summed E-state index contributed by atoms with van der Waals surface area (Å²) in [7, 11) is 0. The van der Waals surface area contributed by atoms with Gasteiger partial charge in [-0.1, -0.05) is 23.2 Å². The monoisotopic (exact) mass is 318 g/mol. The van der Waals surface area contributed by atoms with Crippen LogP contribution in [-0.2, 0) is 16.0 Å². The maximum absolute atomic E-state index is 10.8. The Balaban J connectivity index is 2.21. The van der Waals surface area contributed by atoms with Gasteiger partial charge in [0.25, 0.3) is 0 Å². The van der Waals surface area contributed by atoms with E-state index in [0.29, 0.717) is 28.8 Å². The number of nitrogens with two attached hydrogens (primary N) is 1. The lowest BCUT2D eigenvalue weighted by molar-refractivity contribution is -0.138. The SMILES string of the molecule is NC(Cc1cc(Cl)c(N2CCOCC2)cc1Cl)C(=O)O. The Bertz CT molecular complexity index is 505. The molecule has 0 spiro atoms. The van der Waals surface area contributed by atoms with Crippen molar-refractivity contribution in [2.45, 2.75) is 12.5 Å². The number of benzene rings is 1. The Hall–Kier alpha value is -1.01. The number of nitrogens with zero attached hydrogens (tertiary/aromatic N) is 1. The molecule has 110 valence electrons. The van der Waals surface area contributed by atoms with Gasteiger partial charge in [0.15, 0.2) is 0 Å². The molecule has 5 nitrogen and oxygen atoms in total. The second kappa shape index (κ2) is 6.63. The molecular formula is C13H16Cl2N2O3. The molecular weight excluding hydrogens is 303 g/mol. The highest BCUT2D eigenvalue weighted by Gasteiger charge is 2.19. The molecule has 1 unspecified atom stereocenters. The van der Waals surface area contributed by atoms with Gasteiger partial charge in [0.1, 0.15) is 6.04 Å². The van der Waals surface area contributed by atoms with Crippen LogP contribution in [0.4, 0.5) is 5.69 Å². The number of carboxylic acids is 1. The highest BCUT2D eigenvalue weighted by atomic mass is 35.5. The number of carboxylic acid groups (broad SMARTS) is 1. The van der Waals surface area contributed by atoms with Gasteiger partial charge in [-0.05, 0) is 24.1 Å². The molecule has 1 fully saturated rings. The van der Waals surface area contributed by atoms with Crippen molar-refractivity contribution in [3.8, 4) is 0 Å². The van der Waals surface area contributed by atoms with Crippen LogP contribution < -0.4 is 10.6 Å². The lowest BCUT2D eigenvalue weighted by Gasteiger charge is -2.30. The molecule has 3 N–H and O–H groups in total. The number of hydrogen-bond donors (Lipinski definition) is 2. The first-order valence-electron chi connectivity index (χ1n) is 6.28. The molecule has 1 saturated heterocycles. The number of halogens is 2. The molecule has 1 aliphatic rings. The van der Waals surface area contributed by atoms with E-state index in [1.807, 2.05) is 0 Å². The predicted molar refractivity (Wildman–Crippen MR) is 78.8 cm³/mol. The van der Waals surface area contributed by atoms with Crippen molar-refractivity contribution in [2.24, 2.45) is 5.73 Å². The van der Waals surface area contributed by atoms with Crippen molar-refractivity contribution < 1.29 is 14.6 Å². The van der Waals surface area contributed by atoms with Crippen molar-refractivity contribution in [3.05, 3.63) is 27.7 Å². The summed E-state index contributed by atoms with van der Waals surface area (Å²) in [6.07, 6.45) is 0.150. The van der Waals surface area contributed by atoms with Gasteiger partial charge in [-0.2, -0.15) is 0 Å². The van der Waals surface area contributed by atoms with Crippen LogP contribution in [0.5, 0.6) is 0 Å². The summed E-state index contributed by atoms with van der Waals surface area (Å²) in [6, 6.07) is 2.47. The second-order valence-corrected chi connectivity index (χ2v) is 5.46. The number of carbonyl (C=O) groups is 1. The molecule has 20 heavy (non-hydrogen) atoms. The predicted octanol–water partition coefficient (Wildman–Crippen LogP) is 1.78. The Morgan fingerprint density at radius 3 is 2.60 bits per heavy atom. The van der Waals surface area contributed by atoms with Crippen molar-refractivity contribution in [1.82, 2.24) is 0 Å². The van der Waals surface area contributed by atoms with E-state index in [0.717, 1.165) is 18.8 Å². The van der Waals surface area contributed by atoms with Crippen molar-refractivity contribution in [1.29, 1.82) is 0 Å². The van der Waals surface area contributed by atoms with Gasteiger partial charge in [-0.15, -0.1) is 0 Å². The van der Waals surface area contributed by atoms with Gasteiger partial charge in [0, 0.05) is 18.1 Å². The zero-order chi connectivity index (χ0) is 14.7. The highest BCUT2D eigenvalue weighted by molar-refractivity contribution is 6.35. The van der Waals surface area contributed by atoms with Crippen LogP contribution in [0.3, 0.4) is 0 Å². The number of morpholine rings is 1. The van der Waals surface area contributed by atoms with E-state index in [-0.39, 0.29) is 6.42 Å². The normalized spacial score (nSPS) is 17.1. The van der Waals surface area contributed by atoms with E-state index < -0.39 is 12.0 Å². The summed E-state index contributed by atoms with van der Waals surface area (Å²) in [5.41, 5.74) is 7.00. The molecule has 1 heterocycles. The zero-order valence-corrected chi connectivity index (χ0v) is 12.3. The van der Waals surface area contributed by atoms with Crippen molar-refractivity contribution in [3.63, 3.8) is 0 Å². The first-order valence-corrected chi connectivity index (χ1v) is 7.03. The fraction of sp³-hybridized carbons (Fsp3) is 0.462. The van der Waals surface area contributed by atoms with Crippen LogP contribution in [0.2, 0.25) is 10.0 Å². The summed E-state index contributed by atoms with van der Waals surface area (Å²) in [6.45, 7) is 2.81. The minimum atomic E-state index is -1.06. The average Bonchev–Trinajstić information content (AvgIpc) is 2.43. The molecule has 7 heteroatoms. The van der Waals surface area contributed by atoms with Crippen LogP contribution in [0, 0.1) is 0 Å². The first-order chi connectivity index (χ1) is 9.49. The van der Waals surface area contributed by atoms with Crippen LogP contribution >= 0.6 is 23.2 Å². The lowest BCUT2D eigenvalue weighted by atomic mass is 10.1. The van der Waals surface area contributed by atoms with E-state index in [4.69, 9.17) is 38.8 Å². The lowest BCUT2D eigenvalue weighted by Crippen LogP contribution is -2.36. The minimum Gasteiger partial charge on any atom is -0.480 e. The Morgan fingerprint density at radius 2 is 2.00 bits per heavy atom. The van der Waals surface area contributed by atoms with Gasteiger partial charge in [-0.3, -0.25) is 4.79 Å². The maximum atomic E-state index is 10.8. The smallest absolute Gasteiger partial charge is 0.320 e. The van der Waals surface area contributed by atoms with Crippen LogP contribution in [0.25, 0.3) is 0 Å². The van der Waals surface area contributed by atoms with E-state index in [1.165, 1.54) is 0 Å². The van der Waals surface area contributed by atoms with Crippen LogP contribution in [0.15, 0.2) is 12.1 Å². The van der Waals surface area contributed by atoms with E-state index in [2.05, 4.69) is 4.90 Å². The number of rotatable bonds is 4. The molecule has 1 aliphatic heterocycles. The Morgan fingerprint density at radius 1 is 1.35 bits per heavy atom. The molecule has 0 saturated carbocycles. The summed E-state index contributed by atoms with van der Waals surface area (Å²) < 4.78 is 5.29. The maximum Gasteiger partial charge on any atom is 0.320 e. The van der Waals surface area contributed by atoms with E-state index in [9.17, 15) is 4.79 Å². The molecule has 0 radical (unpaired) electrons. The molecule has 0 amide bonds. The van der Waals surface area contributed by atoms with Gasteiger partial charge in [0.2, 0.25) is 0 Å². The molecule has 0 aromatic heterocycles. The van der Waals surface area contributed by atoms with Crippen LogP contribution in [-0.4, -0.2) is 43.4 Å². The van der Waals surface area contributed by atoms with Gasteiger partial charge in [0.05, 0.1) is 23.9 Å². The van der Waals surface area contributed by atoms with Crippen molar-refractivity contribution >= 4 is 34.9 Å². The average molecular weight is 319 g/mol. The zero-order valence-electron chi connectivity index (χ0n) is 10.8. The molecule has 0 aliphatic carbocycles. The third-order valence-corrected chi connectivity index (χ3v) is 3.88.